The second kappa shape index (κ2) is 4.77. The second-order valence-corrected chi connectivity index (χ2v) is 3.36. The fraction of sp³-hybridized carbons (Fsp3) is 0.375. The Morgan fingerprint density at radius 1 is 1.31 bits per heavy atom. The quantitative estimate of drug-likeness (QED) is 0.819. The zero-order chi connectivity index (χ0) is 9.84. The van der Waals surface area contributed by atoms with Gasteiger partial charge in [-0.1, -0.05) is 23.2 Å². The zero-order valence-corrected chi connectivity index (χ0v) is 8.26. The molecule has 0 spiro atoms. The molecule has 0 fully saturated rings. The first kappa shape index (κ1) is 10.7. The average Bonchev–Trinajstić information content (AvgIpc) is 2.04. The number of aromatic nitrogens is 1. The fourth-order valence-corrected chi connectivity index (χ4v) is 1.62. The molecule has 0 radical (unpaired) electrons. The molecule has 0 amide bonds. The maximum atomic E-state index is 9.53. The monoisotopic (exact) mass is 221 g/mol. The average molecular weight is 222 g/mol. The molecule has 1 unspecified atom stereocenters. The molecular weight excluding hydrogens is 213 g/mol. The summed E-state index contributed by atoms with van der Waals surface area (Å²) in [6.07, 6.45) is 2.18. The summed E-state index contributed by atoms with van der Waals surface area (Å²) in [7, 11) is 0. The zero-order valence-electron chi connectivity index (χ0n) is 6.74. The molecule has 2 N–H and O–H groups in total. The second-order valence-electron chi connectivity index (χ2n) is 2.54. The van der Waals surface area contributed by atoms with Crippen molar-refractivity contribution in [3.05, 3.63) is 28.0 Å². The summed E-state index contributed by atoms with van der Waals surface area (Å²) in [5.41, 5.74) is 0.424. The molecular formula is C8H9Cl2NO2. The number of hydrogen-bond donors (Lipinski definition) is 2. The molecule has 0 aliphatic rings. The van der Waals surface area contributed by atoms with Gasteiger partial charge in [-0.3, -0.25) is 4.98 Å². The lowest BCUT2D eigenvalue weighted by Crippen LogP contribution is -2.02. The molecule has 0 aliphatic heterocycles. The highest BCUT2D eigenvalue weighted by molar-refractivity contribution is 6.35. The molecule has 0 saturated carbocycles. The van der Waals surface area contributed by atoms with Crippen LogP contribution in [0.5, 0.6) is 0 Å². The minimum Gasteiger partial charge on any atom is -0.396 e. The number of nitrogens with zero attached hydrogens (tertiary/aromatic N) is 1. The highest BCUT2D eigenvalue weighted by Gasteiger charge is 2.14. The van der Waals surface area contributed by atoms with Gasteiger partial charge in [-0.2, -0.15) is 0 Å². The predicted octanol–water partition coefficient (Wildman–Crippen LogP) is 1.80. The van der Waals surface area contributed by atoms with Crippen LogP contribution in [0.2, 0.25) is 10.0 Å². The van der Waals surface area contributed by atoms with Crippen LogP contribution in [0.1, 0.15) is 18.1 Å². The third-order valence-electron chi connectivity index (χ3n) is 1.63. The van der Waals surface area contributed by atoms with Crippen LogP contribution in [0.15, 0.2) is 12.4 Å². The number of hydrogen-bond acceptors (Lipinski definition) is 3. The van der Waals surface area contributed by atoms with Gasteiger partial charge >= 0.3 is 0 Å². The number of aliphatic hydroxyl groups is 2. The van der Waals surface area contributed by atoms with E-state index in [1.54, 1.807) is 0 Å². The Morgan fingerprint density at radius 3 is 2.31 bits per heavy atom. The van der Waals surface area contributed by atoms with Crippen LogP contribution >= 0.6 is 23.2 Å². The summed E-state index contributed by atoms with van der Waals surface area (Å²) >= 11 is 11.5. The molecule has 3 nitrogen and oxygen atoms in total. The Bertz CT molecular complexity index is 273. The van der Waals surface area contributed by atoms with Crippen molar-refractivity contribution in [1.29, 1.82) is 0 Å². The van der Waals surface area contributed by atoms with Crippen molar-refractivity contribution in [2.45, 2.75) is 12.5 Å². The summed E-state index contributed by atoms with van der Waals surface area (Å²) in [6.45, 7) is -0.115. The fourth-order valence-electron chi connectivity index (χ4n) is 1.01. The van der Waals surface area contributed by atoms with Gasteiger partial charge in [0.05, 0.1) is 16.1 Å². The van der Waals surface area contributed by atoms with Crippen molar-refractivity contribution >= 4 is 23.2 Å². The first-order chi connectivity index (χ1) is 6.16. The summed E-state index contributed by atoms with van der Waals surface area (Å²) in [5, 5.41) is 18.8. The van der Waals surface area contributed by atoms with E-state index in [1.807, 2.05) is 0 Å². The topological polar surface area (TPSA) is 53.4 Å². The van der Waals surface area contributed by atoms with Crippen molar-refractivity contribution in [3.63, 3.8) is 0 Å². The third kappa shape index (κ3) is 2.54. The molecule has 72 valence electrons. The number of rotatable bonds is 3. The van der Waals surface area contributed by atoms with Crippen molar-refractivity contribution in [3.8, 4) is 0 Å². The van der Waals surface area contributed by atoms with E-state index in [9.17, 15) is 5.11 Å². The molecule has 1 atom stereocenters. The van der Waals surface area contributed by atoms with E-state index in [2.05, 4.69) is 4.98 Å². The Balaban J connectivity index is 2.98. The Hall–Kier alpha value is -0.350. The number of halogens is 2. The van der Waals surface area contributed by atoms with Crippen molar-refractivity contribution in [2.24, 2.45) is 0 Å². The van der Waals surface area contributed by atoms with Crippen LogP contribution in [0.25, 0.3) is 0 Å². The lowest BCUT2D eigenvalue weighted by atomic mass is 10.1. The van der Waals surface area contributed by atoms with Gasteiger partial charge in [0.1, 0.15) is 0 Å². The summed E-state index contributed by atoms with van der Waals surface area (Å²) in [4.78, 5) is 3.75. The molecule has 13 heavy (non-hydrogen) atoms. The minimum absolute atomic E-state index is 0.115. The van der Waals surface area contributed by atoms with Crippen LogP contribution in [0.3, 0.4) is 0 Å². The van der Waals surface area contributed by atoms with Crippen molar-refractivity contribution in [1.82, 2.24) is 4.98 Å². The van der Waals surface area contributed by atoms with E-state index in [0.717, 1.165) is 0 Å². The van der Waals surface area contributed by atoms with Crippen molar-refractivity contribution in [2.75, 3.05) is 6.61 Å². The molecule has 1 heterocycles. The molecule has 0 aromatic carbocycles. The molecule has 0 saturated heterocycles. The smallest absolute Gasteiger partial charge is 0.0842 e. The van der Waals surface area contributed by atoms with Crippen LogP contribution < -0.4 is 0 Å². The van der Waals surface area contributed by atoms with E-state index in [4.69, 9.17) is 28.3 Å². The Kier molecular flexibility index (Phi) is 3.93. The normalized spacial score (nSPS) is 12.9. The van der Waals surface area contributed by atoms with Crippen LogP contribution in [0.4, 0.5) is 0 Å². The van der Waals surface area contributed by atoms with Gasteiger partial charge in [0.25, 0.3) is 0 Å². The summed E-state index contributed by atoms with van der Waals surface area (Å²) < 4.78 is 0. The molecule has 0 aliphatic carbocycles. The molecule has 1 rings (SSSR count). The van der Waals surface area contributed by atoms with Crippen LogP contribution in [-0.4, -0.2) is 21.8 Å². The van der Waals surface area contributed by atoms with Gasteiger partial charge in [0.15, 0.2) is 0 Å². The minimum atomic E-state index is -0.840. The lowest BCUT2D eigenvalue weighted by Gasteiger charge is -2.12. The Labute approximate surface area is 85.9 Å². The van der Waals surface area contributed by atoms with E-state index in [1.165, 1.54) is 12.4 Å². The van der Waals surface area contributed by atoms with Gasteiger partial charge in [-0.05, 0) is 0 Å². The van der Waals surface area contributed by atoms with E-state index < -0.39 is 6.10 Å². The Morgan fingerprint density at radius 2 is 1.85 bits per heavy atom. The molecule has 0 bridgehead atoms. The predicted molar refractivity (Wildman–Crippen MR) is 50.9 cm³/mol. The number of aliphatic hydroxyl groups excluding tert-OH is 2. The SMILES string of the molecule is OCCC(O)c1c(Cl)cncc1Cl. The largest absolute Gasteiger partial charge is 0.396 e. The van der Waals surface area contributed by atoms with E-state index in [-0.39, 0.29) is 13.0 Å². The van der Waals surface area contributed by atoms with Gasteiger partial charge in [-0.25, -0.2) is 0 Å². The van der Waals surface area contributed by atoms with Gasteiger partial charge in [0.2, 0.25) is 0 Å². The highest BCUT2D eigenvalue weighted by atomic mass is 35.5. The van der Waals surface area contributed by atoms with E-state index >= 15 is 0 Å². The van der Waals surface area contributed by atoms with Gasteiger partial charge in [0, 0.05) is 31.0 Å². The van der Waals surface area contributed by atoms with Gasteiger partial charge < -0.3 is 10.2 Å². The highest BCUT2D eigenvalue weighted by Crippen LogP contribution is 2.30. The first-order valence-electron chi connectivity index (χ1n) is 3.74. The molecule has 1 aromatic rings. The molecule has 5 heteroatoms. The van der Waals surface area contributed by atoms with Crippen LogP contribution in [0, 0.1) is 0 Å². The first-order valence-corrected chi connectivity index (χ1v) is 4.50. The summed E-state index contributed by atoms with van der Waals surface area (Å²) in [6, 6.07) is 0. The number of pyridine rings is 1. The maximum absolute atomic E-state index is 9.53. The third-order valence-corrected chi connectivity index (χ3v) is 2.23. The molecule has 1 aromatic heterocycles. The van der Waals surface area contributed by atoms with Crippen LogP contribution in [-0.2, 0) is 0 Å². The lowest BCUT2D eigenvalue weighted by molar-refractivity contribution is 0.134. The van der Waals surface area contributed by atoms with Crippen molar-refractivity contribution < 1.29 is 10.2 Å². The maximum Gasteiger partial charge on any atom is 0.0842 e. The van der Waals surface area contributed by atoms with E-state index in [0.29, 0.717) is 15.6 Å². The van der Waals surface area contributed by atoms with Gasteiger partial charge in [-0.15, -0.1) is 0 Å². The standard InChI is InChI=1S/C8H9Cl2NO2/c9-5-3-11-4-6(10)8(5)7(13)1-2-12/h3-4,7,12-13H,1-2H2. The summed E-state index contributed by atoms with van der Waals surface area (Å²) in [5.74, 6) is 0.